The molecule has 0 fully saturated rings. The van der Waals surface area contributed by atoms with Crippen LogP contribution in [0.25, 0.3) is 10.9 Å². The molecule has 17 heavy (non-hydrogen) atoms. The van der Waals surface area contributed by atoms with Crippen molar-refractivity contribution in [1.82, 2.24) is 10.2 Å². The molecule has 1 aromatic heterocycles. The van der Waals surface area contributed by atoms with E-state index in [1.165, 1.54) is 6.20 Å². The maximum Gasteiger partial charge on any atom is 0.239 e. The van der Waals surface area contributed by atoms with Gasteiger partial charge in [0.25, 0.3) is 0 Å². The predicted molar refractivity (Wildman–Crippen MR) is 62.9 cm³/mol. The lowest BCUT2D eigenvalue weighted by molar-refractivity contribution is 0.597. The van der Waals surface area contributed by atoms with Gasteiger partial charge < -0.3 is 0 Å². The largest absolute Gasteiger partial charge is 0.239 e. The molecule has 0 aliphatic heterocycles. The highest BCUT2D eigenvalue weighted by molar-refractivity contribution is 7.89. The summed E-state index contributed by atoms with van der Waals surface area (Å²) in [5.74, 6) is 0. The van der Waals surface area contributed by atoms with E-state index in [9.17, 15) is 8.42 Å². The van der Waals surface area contributed by atoms with E-state index in [1.54, 1.807) is 6.07 Å². The van der Waals surface area contributed by atoms with Gasteiger partial charge in [0.15, 0.2) is 0 Å². The number of nitrogens with zero attached hydrogens (tertiary/aromatic N) is 2. The van der Waals surface area contributed by atoms with E-state index in [0.717, 1.165) is 30.4 Å². The topological polar surface area (TPSA) is 85.9 Å². The first-order valence-corrected chi connectivity index (χ1v) is 6.91. The summed E-state index contributed by atoms with van der Waals surface area (Å²) in [6.45, 7) is 0. The Bertz CT molecular complexity index is 710. The number of hydrogen-bond donors (Lipinski definition) is 1. The fraction of sp³-hybridized carbons (Fsp3) is 0.273. The summed E-state index contributed by atoms with van der Waals surface area (Å²) in [4.78, 5) is 0.234. The molecule has 0 spiro atoms. The molecule has 1 aromatic carbocycles. The van der Waals surface area contributed by atoms with Crippen LogP contribution in [-0.2, 0) is 22.9 Å². The second-order valence-corrected chi connectivity index (χ2v) is 5.70. The molecule has 1 aliphatic carbocycles. The van der Waals surface area contributed by atoms with Gasteiger partial charge in [-0.2, -0.15) is 10.2 Å². The summed E-state index contributed by atoms with van der Waals surface area (Å²) >= 11 is 0. The van der Waals surface area contributed by atoms with Crippen molar-refractivity contribution >= 4 is 20.9 Å². The third-order valence-electron chi connectivity index (χ3n) is 3.12. The second kappa shape index (κ2) is 3.48. The van der Waals surface area contributed by atoms with Crippen LogP contribution in [0.5, 0.6) is 0 Å². The summed E-state index contributed by atoms with van der Waals surface area (Å²) in [7, 11) is -3.72. The minimum atomic E-state index is -3.72. The Hall–Kier alpha value is -1.53. The number of primary sulfonamides is 1. The quantitative estimate of drug-likeness (QED) is 0.808. The van der Waals surface area contributed by atoms with Crippen LogP contribution in [0.1, 0.15) is 17.5 Å². The van der Waals surface area contributed by atoms with Crippen LogP contribution in [0.2, 0.25) is 0 Å². The maximum atomic E-state index is 11.7. The molecule has 1 aliphatic rings. The van der Waals surface area contributed by atoms with Crippen molar-refractivity contribution in [1.29, 1.82) is 0 Å². The van der Waals surface area contributed by atoms with Crippen molar-refractivity contribution in [3.05, 3.63) is 29.5 Å². The average Bonchev–Trinajstić information content (AvgIpc) is 2.71. The SMILES string of the molecule is NS(=O)(=O)c1c2c(cc3nnccc13)CCC2. The summed E-state index contributed by atoms with van der Waals surface area (Å²) in [5, 5.41) is 13.6. The fourth-order valence-electron chi connectivity index (χ4n) is 2.48. The zero-order chi connectivity index (χ0) is 12.0. The molecule has 88 valence electrons. The number of nitrogens with two attached hydrogens (primary N) is 1. The normalized spacial score (nSPS) is 15.1. The number of benzene rings is 1. The first-order chi connectivity index (χ1) is 8.07. The molecule has 1 heterocycles. The first kappa shape index (κ1) is 10.6. The standard InChI is InChI=1S/C11H11N3O2S/c12-17(15,16)11-8-3-1-2-7(8)6-10-9(11)4-5-13-14-10/h4-6H,1-3H2,(H2,12,15,16). The molecule has 0 bridgehead atoms. The Labute approximate surface area is 98.7 Å². The van der Waals surface area contributed by atoms with E-state index in [1.807, 2.05) is 6.07 Å². The number of aryl methyl sites for hydroxylation is 1. The van der Waals surface area contributed by atoms with Gasteiger partial charge in [0, 0.05) is 5.39 Å². The lowest BCUT2D eigenvalue weighted by Gasteiger charge is -2.09. The predicted octanol–water partition coefficient (Wildman–Crippen LogP) is 0.766. The van der Waals surface area contributed by atoms with Crippen molar-refractivity contribution in [3.63, 3.8) is 0 Å². The van der Waals surface area contributed by atoms with E-state index in [-0.39, 0.29) is 4.90 Å². The van der Waals surface area contributed by atoms with Gasteiger partial charge in [-0.1, -0.05) is 0 Å². The molecule has 0 saturated heterocycles. The van der Waals surface area contributed by atoms with Crippen LogP contribution in [0, 0.1) is 0 Å². The van der Waals surface area contributed by atoms with Crippen LogP contribution in [0.3, 0.4) is 0 Å². The highest BCUT2D eigenvalue weighted by atomic mass is 32.2. The van der Waals surface area contributed by atoms with Crippen LogP contribution in [0.4, 0.5) is 0 Å². The monoisotopic (exact) mass is 249 g/mol. The second-order valence-electron chi connectivity index (χ2n) is 4.21. The van der Waals surface area contributed by atoms with Gasteiger partial charge in [0.05, 0.1) is 16.6 Å². The smallest absolute Gasteiger partial charge is 0.225 e. The van der Waals surface area contributed by atoms with E-state index in [0.29, 0.717) is 10.9 Å². The van der Waals surface area contributed by atoms with Crippen molar-refractivity contribution < 1.29 is 8.42 Å². The summed E-state index contributed by atoms with van der Waals surface area (Å²) in [5.41, 5.74) is 2.48. The number of sulfonamides is 1. The van der Waals surface area contributed by atoms with Gasteiger partial charge in [-0.05, 0) is 42.5 Å². The van der Waals surface area contributed by atoms with Crippen molar-refractivity contribution in [2.24, 2.45) is 5.14 Å². The van der Waals surface area contributed by atoms with Gasteiger partial charge in [0.2, 0.25) is 10.0 Å². The van der Waals surface area contributed by atoms with E-state index < -0.39 is 10.0 Å². The van der Waals surface area contributed by atoms with Crippen LogP contribution in [0.15, 0.2) is 23.2 Å². The zero-order valence-corrected chi connectivity index (χ0v) is 9.87. The van der Waals surface area contributed by atoms with Crippen molar-refractivity contribution in [3.8, 4) is 0 Å². The Morgan fingerprint density at radius 3 is 2.88 bits per heavy atom. The van der Waals surface area contributed by atoms with Gasteiger partial charge >= 0.3 is 0 Å². The summed E-state index contributed by atoms with van der Waals surface area (Å²) < 4.78 is 23.5. The molecule has 0 saturated carbocycles. The number of hydrogen-bond acceptors (Lipinski definition) is 4. The third-order valence-corrected chi connectivity index (χ3v) is 4.16. The minimum Gasteiger partial charge on any atom is -0.225 e. The number of aromatic nitrogens is 2. The van der Waals surface area contributed by atoms with Gasteiger partial charge in [-0.15, -0.1) is 0 Å². The van der Waals surface area contributed by atoms with Crippen LogP contribution in [-0.4, -0.2) is 18.6 Å². The van der Waals surface area contributed by atoms with Crippen LogP contribution < -0.4 is 5.14 Å². The van der Waals surface area contributed by atoms with Gasteiger partial charge in [-0.3, -0.25) is 0 Å². The molecular weight excluding hydrogens is 238 g/mol. The molecular formula is C11H11N3O2S. The molecule has 2 aromatic rings. The highest BCUT2D eigenvalue weighted by Gasteiger charge is 2.24. The summed E-state index contributed by atoms with van der Waals surface area (Å²) in [6.07, 6.45) is 4.09. The molecule has 0 radical (unpaired) electrons. The maximum absolute atomic E-state index is 11.7. The van der Waals surface area contributed by atoms with E-state index >= 15 is 0 Å². The minimum absolute atomic E-state index is 0.234. The Morgan fingerprint density at radius 1 is 1.29 bits per heavy atom. The molecule has 5 nitrogen and oxygen atoms in total. The van der Waals surface area contributed by atoms with Crippen LogP contribution >= 0.6 is 0 Å². The number of rotatable bonds is 1. The molecule has 3 rings (SSSR count). The third kappa shape index (κ3) is 1.60. The molecule has 2 N–H and O–H groups in total. The first-order valence-electron chi connectivity index (χ1n) is 5.36. The van der Waals surface area contributed by atoms with Gasteiger partial charge in [-0.25, -0.2) is 13.6 Å². The van der Waals surface area contributed by atoms with Crippen molar-refractivity contribution in [2.45, 2.75) is 24.2 Å². The summed E-state index contributed by atoms with van der Waals surface area (Å²) in [6, 6.07) is 3.57. The lowest BCUT2D eigenvalue weighted by Crippen LogP contribution is -2.15. The highest BCUT2D eigenvalue weighted by Crippen LogP contribution is 2.33. The van der Waals surface area contributed by atoms with Crippen molar-refractivity contribution in [2.75, 3.05) is 0 Å². The number of fused-ring (bicyclic) bond motifs is 2. The molecule has 0 atom stereocenters. The zero-order valence-electron chi connectivity index (χ0n) is 9.05. The lowest BCUT2D eigenvalue weighted by atomic mass is 10.1. The Morgan fingerprint density at radius 2 is 2.12 bits per heavy atom. The molecule has 0 unspecified atom stereocenters. The average molecular weight is 249 g/mol. The Balaban J connectivity index is 2.52. The van der Waals surface area contributed by atoms with E-state index in [2.05, 4.69) is 10.2 Å². The fourth-order valence-corrected chi connectivity index (χ4v) is 3.54. The molecule has 6 heteroatoms. The Kier molecular flexibility index (Phi) is 2.17. The van der Waals surface area contributed by atoms with Gasteiger partial charge in [0.1, 0.15) is 0 Å². The molecule has 0 amide bonds. The van der Waals surface area contributed by atoms with E-state index in [4.69, 9.17) is 5.14 Å².